The molecule has 0 bridgehead atoms. The van der Waals surface area contributed by atoms with Crippen LogP contribution < -0.4 is 15.0 Å². The molecule has 1 aromatic heterocycles. The van der Waals surface area contributed by atoms with E-state index in [1.165, 1.54) is 0 Å². The number of anilines is 1. The largest absolute Gasteiger partial charge is 0.497 e. The fraction of sp³-hybridized carbons (Fsp3) is 0.125. The highest BCUT2D eigenvalue weighted by Crippen LogP contribution is 2.21. The van der Waals surface area contributed by atoms with Gasteiger partial charge in [0.1, 0.15) is 5.75 Å². The maximum absolute atomic E-state index is 11.8. The first-order chi connectivity index (χ1) is 10.8. The quantitative estimate of drug-likeness (QED) is 0.733. The molecule has 3 rings (SSSR count). The second-order valence-corrected chi connectivity index (χ2v) is 4.67. The van der Waals surface area contributed by atoms with Gasteiger partial charge in [0.25, 0.3) is 5.69 Å². The summed E-state index contributed by atoms with van der Waals surface area (Å²) in [5.41, 5.74) is 2.69. The van der Waals surface area contributed by atoms with E-state index >= 15 is 0 Å². The summed E-state index contributed by atoms with van der Waals surface area (Å²) in [6, 6.07) is 16.9. The predicted molar refractivity (Wildman–Crippen MR) is 81.2 cm³/mol. The van der Waals surface area contributed by atoms with E-state index in [1.54, 1.807) is 7.11 Å². The van der Waals surface area contributed by atoms with E-state index in [-0.39, 0.29) is 0 Å². The molecule has 0 saturated carbocycles. The number of nitrogens with one attached hydrogen (secondary N) is 1. The average molecular weight is 297 g/mol. The fourth-order valence-corrected chi connectivity index (χ4v) is 2.12. The van der Waals surface area contributed by atoms with Crippen molar-refractivity contribution in [1.29, 1.82) is 0 Å². The number of hydrogen-bond donors (Lipinski definition) is 1. The minimum absolute atomic E-state index is 0.309. The number of benzene rings is 2. The van der Waals surface area contributed by atoms with Crippen molar-refractivity contribution in [1.82, 2.24) is 5.16 Å². The van der Waals surface area contributed by atoms with E-state index in [2.05, 4.69) is 10.5 Å². The van der Waals surface area contributed by atoms with Gasteiger partial charge in [0.15, 0.2) is 0 Å². The van der Waals surface area contributed by atoms with Gasteiger partial charge in [-0.25, -0.2) is 0 Å². The first kappa shape index (κ1) is 13.9. The standard InChI is InChI=1S/C16H15N3O3/c1-21-14-9-7-13(8-10-14)17-11-15-16(18-22-19(15)20)12-5-3-2-4-6-12/h2-10,17H,11H2,1H3. The Morgan fingerprint density at radius 1 is 1.14 bits per heavy atom. The lowest BCUT2D eigenvalue weighted by Crippen LogP contribution is -2.29. The van der Waals surface area contributed by atoms with Gasteiger partial charge < -0.3 is 15.3 Å². The van der Waals surface area contributed by atoms with Gasteiger partial charge >= 0.3 is 0 Å². The molecule has 0 radical (unpaired) electrons. The van der Waals surface area contributed by atoms with Gasteiger partial charge in [0.05, 0.1) is 13.7 Å². The lowest BCUT2D eigenvalue weighted by molar-refractivity contribution is -0.807. The minimum atomic E-state index is 0.309. The number of aromatic nitrogens is 2. The second kappa shape index (κ2) is 6.17. The van der Waals surface area contributed by atoms with Crippen molar-refractivity contribution in [3.63, 3.8) is 0 Å². The van der Waals surface area contributed by atoms with Gasteiger partial charge in [0.2, 0.25) is 5.69 Å². The highest BCUT2D eigenvalue weighted by atomic mass is 16.8. The summed E-state index contributed by atoms with van der Waals surface area (Å²) in [5.74, 6) is 0.777. The van der Waals surface area contributed by atoms with Crippen LogP contribution in [0.25, 0.3) is 11.3 Å². The van der Waals surface area contributed by atoms with Crippen LogP contribution >= 0.6 is 0 Å². The summed E-state index contributed by atoms with van der Waals surface area (Å²) in [4.78, 5) is 0.429. The van der Waals surface area contributed by atoms with Crippen LogP contribution in [0.15, 0.2) is 59.2 Å². The Morgan fingerprint density at radius 2 is 1.86 bits per heavy atom. The van der Waals surface area contributed by atoms with E-state index in [9.17, 15) is 5.21 Å². The zero-order chi connectivity index (χ0) is 15.4. The number of hydrogen-bond acceptors (Lipinski definition) is 5. The highest BCUT2D eigenvalue weighted by molar-refractivity contribution is 5.60. The lowest BCUT2D eigenvalue weighted by atomic mass is 10.1. The Bertz CT molecular complexity index is 739. The van der Waals surface area contributed by atoms with E-state index in [0.29, 0.717) is 22.8 Å². The SMILES string of the molecule is COc1ccc(NCc2c(-c3ccccc3)no[n+]2[O-])cc1. The van der Waals surface area contributed by atoms with Gasteiger partial charge in [-0.3, -0.25) is 4.63 Å². The molecule has 3 aromatic rings. The molecule has 2 aromatic carbocycles. The van der Waals surface area contributed by atoms with E-state index in [1.807, 2.05) is 54.6 Å². The highest BCUT2D eigenvalue weighted by Gasteiger charge is 2.20. The molecular formula is C16H15N3O3. The van der Waals surface area contributed by atoms with Crippen LogP contribution in [0, 0.1) is 5.21 Å². The van der Waals surface area contributed by atoms with Gasteiger partial charge in [0, 0.05) is 16.4 Å². The molecule has 0 atom stereocenters. The molecule has 0 unspecified atom stereocenters. The minimum Gasteiger partial charge on any atom is -0.497 e. The van der Waals surface area contributed by atoms with E-state index < -0.39 is 0 Å². The second-order valence-electron chi connectivity index (χ2n) is 4.67. The lowest BCUT2D eigenvalue weighted by Gasteiger charge is -2.06. The van der Waals surface area contributed by atoms with Crippen molar-refractivity contribution < 1.29 is 14.3 Å². The Hall–Kier alpha value is -3.02. The number of ether oxygens (including phenoxy) is 1. The van der Waals surface area contributed by atoms with Crippen molar-refractivity contribution in [2.75, 3.05) is 12.4 Å². The molecule has 6 heteroatoms. The van der Waals surface area contributed by atoms with Crippen LogP contribution in [-0.4, -0.2) is 12.3 Å². The van der Waals surface area contributed by atoms with Crippen molar-refractivity contribution >= 4 is 5.69 Å². The molecule has 0 spiro atoms. The van der Waals surface area contributed by atoms with Crippen molar-refractivity contribution in [2.24, 2.45) is 0 Å². The van der Waals surface area contributed by atoms with Gasteiger partial charge in [-0.1, -0.05) is 30.3 Å². The molecule has 1 heterocycles. The molecular weight excluding hydrogens is 282 g/mol. The normalized spacial score (nSPS) is 10.4. The molecule has 0 fully saturated rings. The molecule has 0 amide bonds. The van der Waals surface area contributed by atoms with Crippen molar-refractivity contribution in [3.05, 3.63) is 65.5 Å². The van der Waals surface area contributed by atoms with Crippen LogP contribution in [0.1, 0.15) is 5.69 Å². The fourth-order valence-electron chi connectivity index (χ4n) is 2.12. The predicted octanol–water partition coefficient (Wildman–Crippen LogP) is 2.60. The monoisotopic (exact) mass is 297 g/mol. The number of methoxy groups -OCH3 is 1. The number of rotatable bonds is 5. The van der Waals surface area contributed by atoms with Crippen LogP contribution in [0.4, 0.5) is 5.69 Å². The molecule has 22 heavy (non-hydrogen) atoms. The molecule has 0 aliphatic heterocycles. The van der Waals surface area contributed by atoms with E-state index in [4.69, 9.17) is 9.37 Å². The third-order valence-corrected chi connectivity index (χ3v) is 3.30. The zero-order valence-corrected chi connectivity index (χ0v) is 12.0. The van der Waals surface area contributed by atoms with Crippen LogP contribution in [0.3, 0.4) is 0 Å². The summed E-state index contributed by atoms with van der Waals surface area (Å²) < 4.78 is 9.83. The Balaban J connectivity index is 1.79. The average Bonchev–Trinajstić information content (AvgIpc) is 2.95. The first-order valence-electron chi connectivity index (χ1n) is 6.80. The zero-order valence-electron chi connectivity index (χ0n) is 12.0. The van der Waals surface area contributed by atoms with Crippen LogP contribution in [-0.2, 0) is 6.54 Å². The Labute approximate surface area is 127 Å². The van der Waals surface area contributed by atoms with Crippen LogP contribution in [0.5, 0.6) is 5.75 Å². The van der Waals surface area contributed by atoms with Crippen molar-refractivity contribution in [2.45, 2.75) is 6.54 Å². The molecule has 112 valence electrons. The molecule has 0 aliphatic carbocycles. The first-order valence-corrected chi connectivity index (χ1v) is 6.80. The molecule has 0 aliphatic rings. The smallest absolute Gasteiger partial charge is 0.253 e. The van der Waals surface area contributed by atoms with Gasteiger partial charge in [-0.05, 0) is 29.2 Å². The van der Waals surface area contributed by atoms with Crippen LogP contribution in [0.2, 0.25) is 0 Å². The Kier molecular flexibility index (Phi) is 3.91. The van der Waals surface area contributed by atoms with Crippen molar-refractivity contribution in [3.8, 4) is 17.0 Å². The number of nitrogens with zero attached hydrogens (tertiary/aromatic N) is 2. The maximum Gasteiger partial charge on any atom is 0.253 e. The van der Waals surface area contributed by atoms with E-state index in [0.717, 1.165) is 17.0 Å². The summed E-state index contributed by atoms with van der Waals surface area (Å²) in [5, 5.41) is 18.8. The maximum atomic E-state index is 11.8. The molecule has 0 saturated heterocycles. The van der Waals surface area contributed by atoms with Gasteiger partial charge in [-0.2, -0.15) is 0 Å². The summed E-state index contributed by atoms with van der Waals surface area (Å²) in [7, 11) is 1.62. The Morgan fingerprint density at radius 3 is 2.55 bits per heavy atom. The van der Waals surface area contributed by atoms with Gasteiger partial charge in [-0.15, -0.1) is 0 Å². The summed E-state index contributed by atoms with van der Waals surface area (Å²) >= 11 is 0. The summed E-state index contributed by atoms with van der Waals surface area (Å²) in [6.45, 7) is 0.309. The third-order valence-electron chi connectivity index (χ3n) is 3.30. The molecule has 1 N–H and O–H groups in total. The topological polar surface area (TPSA) is 74.2 Å². The summed E-state index contributed by atoms with van der Waals surface area (Å²) in [6.07, 6.45) is 0. The molecule has 6 nitrogen and oxygen atoms in total. The third kappa shape index (κ3) is 2.85.